The molecule has 0 spiro atoms. The van der Waals surface area contributed by atoms with E-state index in [0.717, 1.165) is 44.0 Å². The Hall–Kier alpha value is -1.06. The van der Waals surface area contributed by atoms with Gasteiger partial charge in [0.1, 0.15) is 5.75 Å². The van der Waals surface area contributed by atoms with E-state index in [4.69, 9.17) is 0 Å². The summed E-state index contributed by atoms with van der Waals surface area (Å²) in [7, 11) is 0. The highest BCUT2D eigenvalue weighted by atomic mass is 16.3. The molecule has 3 nitrogen and oxygen atoms in total. The van der Waals surface area contributed by atoms with E-state index < -0.39 is 5.60 Å². The topological polar surface area (TPSA) is 43.7 Å². The molecule has 0 amide bonds. The van der Waals surface area contributed by atoms with Crippen molar-refractivity contribution >= 4 is 0 Å². The molecule has 4 rings (SSSR count). The summed E-state index contributed by atoms with van der Waals surface area (Å²) < 4.78 is 0. The number of β-amino-alcohol motifs (C(OH)–C–C–N with tert-alkyl or cyclic N) is 1. The summed E-state index contributed by atoms with van der Waals surface area (Å²) in [6.45, 7) is 3.05. The van der Waals surface area contributed by atoms with Crippen molar-refractivity contribution in [3.05, 3.63) is 29.8 Å². The Balaban J connectivity index is 1.35. The van der Waals surface area contributed by atoms with Crippen molar-refractivity contribution in [2.45, 2.75) is 69.3 Å². The standard InChI is InChI=1S/C22H33NO2/c24-20-10-4-9-18(14-20)21-19-11-12-22(21,25)16-23(15-19)13-5-8-17-6-2-1-3-7-17/h4,9-10,14,17,19,21,24-25H,1-3,5-8,11-13,15-16H2. The first-order chi connectivity index (χ1) is 12.1. The first-order valence-corrected chi connectivity index (χ1v) is 10.4. The highest BCUT2D eigenvalue weighted by Gasteiger charge is 2.52. The van der Waals surface area contributed by atoms with Crippen LogP contribution >= 0.6 is 0 Å². The monoisotopic (exact) mass is 343 g/mol. The zero-order valence-corrected chi connectivity index (χ0v) is 15.4. The molecule has 2 bridgehead atoms. The molecule has 2 aliphatic carbocycles. The number of likely N-dealkylation sites (tertiary alicyclic amines) is 1. The van der Waals surface area contributed by atoms with Gasteiger partial charge in [-0.15, -0.1) is 0 Å². The van der Waals surface area contributed by atoms with Crippen molar-refractivity contribution in [3.8, 4) is 5.75 Å². The number of rotatable bonds is 5. The minimum absolute atomic E-state index is 0.189. The van der Waals surface area contributed by atoms with Gasteiger partial charge in [0.25, 0.3) is 0 Å². The maximum Gasteiger partial charge on any atom is 0.115 e. The van der Waals surface area contributed by atoms with Crippen molar-refractivity contribution in [3.63, 3.8) is 0 Å². The van der Waals surface area contributed by atoms with Gasteiger partial charge in [0.05, 0.1) is 5.60 Å². The molecule has 1 saturated heterocycles. The van der Waals surface area contributed by atoms with Gasteiger partial charge < -0.3 is 15.1 Å². The molecule has 0 aromatic heterocycles. The SMILES string of the molecule is Oc1cccc(C2C3CCC2(O)CN(CCCC2CCCCC2)C3)c1. The van der Waals surface area contributed by atoms with E-state index >= 15 is 0 Å². The summed E-state index contributed by atoms with van der Waals surface area (Å²) in [5.74, 6) is 1.98. The van der Waals surface area contributed by atoms with Crippen molar-refractivity contribution in [2.24, 2.45) is 11.8 Å². The van der Waals surface area contributed by atoms with E-state index in [1.165, 1.54) is 44.9 Å². The van der Waals surface area contributed by atoms with E-state index in [2.05, 4.69) is 11.0 Å². The van der Waals surface area contributed by atoms with Crippen LogP contribution in [0.4, 0.5) is 0 Å². The van der Waals surface area contributed by atoms with Crippen LogP contribution in [0.25, 0.3) is 0 Å². The van der Waals surface area contributed by atoms with E-state index in [1.54, 1.807) is 6.07 Å². The molecule has 25 heavy (non-hydrogen) atoms. The predicted octanol–water partition coefficient (Wildman–Crippen LogP) is 4.29. The zero-order chi connectivity index (χ0) is 17.3. The quantitative estimate of drug-likeness (QED) is 0.838. The fraction of sp³-hybridized carbons (Fsp3) is 0.727. The molecule has 3 fully saturated rings. The largest absolute Gasteiger partial charge is 0.508 e. The van der Waals surface area contributed by atoms with Gasteiger partial charge in [0.2, 0.25) is 0 Å². The average Bonchev–Trinajstić information content (AvgIpc) is 2.82. The third-order valence-electron chi connectivity index (χ3n) is 7.03. The second-order valence-corrected chi connectivity index (χ2v) is 8.86. The summed E-state index contributed by atoms with van der Waals surface area (Å²) in [6, 6.07) is 7.55. The van der Waals surface area contributed by atoms with Crippen LogP contribution in [0.3, 0.4) is 0 Å². The van der Waals surface area contributed by atoms with Crippen LogP contribution in [0.5, 0.6) is 5.75 Å². The molecular weight excluding hydrogens is 310 g/mol. The lowest BCUT2D eigenvalue weighted by atomic mass is 9.77. The van der Waals surface area contributed by atoms with Crippen LogP contribution in [-0.2, 0) is 0 Å². The molecule has 1 aromatic carbocycles. The molecule has 3 heteroatoms. The second-order valence-electron chi connectivity index (χ2n) is 8.86. The zero-order valence-electron chi connectivity index (χ0n) is 15.4. The molecule has 138 valence electrons. The molecule has 0 radical (unpaired) electrons. The smallest absolute Gasteiger partial charge is 0.115 e. The highest BCUT2D eigenvalue weighted by molar-refractivity contribution is 5.34. The summed E-state index contributed by atoms with van der Waals surface area (Å²) in [6.07, 6.45) is 11.8. The van der Waals surface area contributed by atoms with Gasteiger partial charge >= 0.3 is 0 Å². The molecule has 1 aromatic rings. The first kappa shape index (κ1) is 17.4. The Labute approximate surface area is 152 Å². The summed E-state index contributed by atoms with van der Waals surface area (Å²) in [5.41, 5.74) is 0.508. The number of fused-ring (bicyclic) bond motifs is 2. The Bertz CT molecular complexity index is 583. The number of phenolic OH excluding ortho intramolecular Hbond substituents is 1. The van der Waals surface area contributed by atoms with Crippen molar-refractivity contribution in [1.29, 1.82) is 0 Å². The number of piperidine rings is 1. The van der Waals surface area contributed by atoms with E-state index in [9.17, 15) is 10.2 Å². The Morgan fingerprint density at radius 3 is 2.72 bits per heavy atom. The Morgan fingerprint density at radius 2 is 1.96 bits per heavy atom. The van der Waals surface area contributed by atoms with Gasteiger partial charge in [0.15, 0.2) is 0 Å². The molecule has 3 atom stereocenters. The predicted molar refractivity (Wildman–Crippen MR) is 101 cm³/mol. The van der Waals surface area contributed by atoms with E-state index in [0.29, 0.717) is 11.7 Å². The van der Waals surface area contributed by atoms with Gasteiger partial charge in [-0.25, -0.2) is 0 Å². The minimum atomic E-state index is -0.610. The third-order valence-corrected chi connectivity index (χ3v) is 7.03. The lowest BCUT2D eigenvalue weighted by Crippen LogP contribution is -2.52. The molecular formula is C22H33NO2. The van der Waals surface area contributed by atoms with Crippen LogP contribution in [0, 0.1) is 11.8 Å². The second kappa shape index (κ2) is 7.28. The lowest BCUT2D eigenvalue weighted by Gasteiger charge is -2.43. The van der Waals surface area contributed by atoms with E-state index in [-0.39, 0.29) is 5.92 Å². The van der Waals surface area contributed by atoms with Crippen molar-refractivity contribution in [2.75, 3.05) is 19.6 Å². The lowest BCUT2D eigenvalue weighted by molar-refractivity contribution is -0.0379. The number of benzene rings is 1. The average molecular weight is 344 g/mol. The molecule has 2 saturated carbocycles. The number of hydrogen-bond acceptors (Lipinski definition) is 3. The van der Waals surface area contributed by atoms with Crippen LogP contribution in [0.15, 0.2) is 24.3 Å². The number of phenols is 1. The molecule has 1 heterocycles. The fourth-order valence-corrected chi connectivity index (χ4v) is 5.90. The van der Waals surface area contributed by atoms with Crippen LogP contribution < -0.4 is 0 Å². The molecule has 1 aliphatic heterocycles. The van der Waals surface area contributed by atoms with E-state index in [1.807, 2.05) is 12.1 Å². The number of hydrogen-bond donors (Lipinski definition) is 2. The van der Waals surface area contributed by atoms with Gasteiger partial charge in [-0.05, 0) is 61.8 Å². The number of aromatic hydroxyl groups is 1. The Kier molecular flexibility index (Phi) is 5.06. The summed E-state index contributed by atoms with van der Waals surface area (Å²) in [5, 5.41) is 21.1. The Morgan fingerprint density at radius 1 is 1.12 bits per heavy atom. The van der Waals surface area contributed by atoms with Crippen molar-refractivity contribution in [1.82, 2.24) is 4.90 Å². The maximum atomic E-state index is 11.3. The summed E-state index contributed by atoms with van der Waals surface area (Å²) in [4.78, 5) is 2.51. The van der Waals surface area contributed by atoms with Gasteiger partial charge in [-0.2, -0.15) is 0 Å². The molecule has 2 N–H and O–H groups in total. The number of aliphatic hydroxyl groups is 1. The molecule has 3 aliphatic rings. The van der Waals surface area contributed by atoms with Gasteiger partial charge in [-0.3, -0.25) is 0 Å². The van der Waals surface area contributed by atoms with Gasteiger partial charge in [0, 0.05) is 19.0 Å². The third kappa shape index (κ3) is 3.73. The molecule has 3 unspecified atom stereocenters. The summed E-state index contributed by atoms with van der Waals surface area (Å²) >= 11 is 0. The maximum absolute atomic E-state index is 11.3. The normalized spacial score (nSPS) is 33.6. The van der Waals surface area contributed by atoms with Gasteiger partial charge in [-0.1, -0.05) is 44.2 Å². The number of nitrogens with zero attached hydrogens (tertiary/aromatic N) is 1. The first-order valence-electron chi connectivity index (χ1n) is 10.4. The van der Waals surface area contributed by atoms with Crippen LogP contribution in [0.1, 0.15) is 69.3 Å². The highest BCUT2D eigenvalue weighted by Crippen LogP contribution is 2.51. The van der Waals surface area contributed by atoms with Crippen LogP contribution in [0.2, 0.25) is 0 Å². The van der Waals surface area contributed by atoms with Crippen molar-refractivity contribution < 1.29 is 10.2 Å². The van der Waals surface area contributed by atoms with Crippen LogP contribution in [-0.4, -0.2) is 40.3 Å². The minimum Gasteiger partial charge on any atom is -0.508 e. The fourth-order valence-electron chi connectivity index (χ4n) is 5.90.